The van der Waals surface area contributed by atoms with Gasteiger partial charge in [0.25, 0.3) is 0 Å². The fourth-order valence-corrected chi connectivity index (χ4v) is 5.44. The van der Waals surface area contributed by atoms with Crippen LogP contribution in [-0.2, 0) is 29.9 Å². The summed E-state index contributed by atoms with van der Waals surface area (Å²) in [6.45, 7) is 13.4. The van der Waals surface area contributed by atoms with Crippen LogP contribution < -0.4 is 0 Å². The van der Waals surface area contributed by atoms with Crippen molar-refractivity contribution in [2.24, 2.45) is 0 Å². The third kappa shape index (κ3) is 8.39. The molecule has 2 aromatic rings. The van der Waals surface area contributed by atoms with Crippen molar-refractivity contribution in [3.05, 3.63) is 69.8 Å². The van der Waals surface area contributed by atoms with E-state index in [9.17, 15) is 19.2 Å². The third-order valence-electron chi connectivity index (χ3n) is 8.47. The van der Waals surface area contributed by atoms with Crippen molar-refractivity contribution in [1.29, 1.82) is 0 Å². The standard InChI is InChI=1S/C36H48O6/c1-7-9-21-41-31(37)13-11-19-35(3,4)25-15-17-27-29(23-25)34(40)30-24-26(16-18-28(30)33(27)39)36(5,6)20-12-14-32(38)42-22-10-8-2/h15-18,23-24H,7-14,19-22H2,1-6H3. The molecule has 0 saturated heterocycles. The van der Waals surface area contributed by atoms with E-state index in [0.29, 0.717) is 61.2 Å². The number of ether oxygens (including phenoxy) is 2. The highest BCUT2D eigenvalue weighted by molar-refractivity contribution is 6.28. The first-order valence-electron chi connectivity index (χ1n) is 15.6. The van der Waals surface area contributed by atoms with Crippen molar-refractivity contribution in [3.63, 3.8) is 0 Å². The minimum absolute atomic E-state index is 0.141. The van der Waals surface area contributed by atoms with Crippen LogP contribution in [0.15, 0.2) is 36.4 Å². The van der Waals surface area contributed by atoms with Crippen LogP contribution in [0.1, 0.15) is 149 Å². The molecule has 0 radical (unpaired) electrons. The average Bonchev–Trinajstić information content (AvgIpc) is 2.95. The number of benzene rings is 2. The number of rotatable bonds is 16. The normalized spacial score (nSPS) is 13.0. The summed E-state index contributed by atoms with van der Waals surface area (Å²) in [6, 6.07) is 11.1. The second-order valence-electron chi connectivity index (χ2n) is 12.8. The highest BCUT2D eigenvalue weighted by atomic mass is 16.5. The van der Waals surface area contributed by atoms with Gasteiger partial charge in [0, 0.05) is 35.1 Å². The first-order valence-corrected chi connectivity index (χ1v) is 15.6. The molecule has 3 rings (SSSR count). The minimum atomic E-state index is -0.288. The Morgan fingerprint density at radius 1 is 0.595 bits per heavy atom. The lowest BCUT2D eigenvalue weighted by molar-refractivity contribution is -0.144. The summed E-state index contributed by atoms with van der Waals surface area (Å²) >= 11 is 0. The fraction of sp³-hybridized carbons (Fsp3) is 0.556. The smallest absolute Gasteiger partial charge is 0.305 e. The maximum Gasteiger partial charge on any atom is 0.305 e. The summed E-state index contributed by atoms with van der Waals surface area (Å²) in [7, 11) is 0. The molecule has 0 aliphatic heterocycles. The van der Waals surface area contributed by atoms with E-state index in [4.69, 9.17) is 9.47 Å². The van der Waals surface area contributed by atoms with E-state index in [2.05, 4.69) is 41.5 Å². The topological polar surface area (TPSA) is 86.7 Å². The summed E-state index contributed by atoms with van der Waals surface area (Å²) in [5, 5.41) is 0. The van der Waals surface area contributed by atoms with Gasteiger partial charge in [-0.1, -0.05) is 66.5 Å². The van der Waals surface area contributed by atoms with Crippen LogP contribution in [0.5, 0.6) is 0 Å². The van der Waals surface area contributed by atoms with Crippen LogP contribution in [0.2, 0.25) is 0 Å². The van der Waals surface area contributed by atoms with E-state index in [-0.39, 0.29) is 34.3 Å². The Kier molecular flexibility index (Phi) is 11.7. The molecule has 228 valence electrons. The van der Waals surface area contributed by atoms with Crippen molar-refractivity contribution in [2.75, 3.05) is 13.2 Å². The van der Waals surface area contributed by atoms with Gasteiger partial charge in [-0.05, 0) is 84.7 Å². The lowest BCUT2D eigenvalue weighted by Crippen LogP contribution is -2.25. The molecule has 0 bridgehead atoms. The van der Waals surface area contributed by atoms with Crippen LogP contribution in [0.25, 0.3) is 0 Å². The Morgan fingerprint density at radius 2 is 0.976 bits per heavy atom. The van der Waals surface area contributed by atoms with Gasteiger partial charge >= 0.3 is 11.9 Å². The van der Waals surface area contributed by atoms with Gasteiger partial charge in [-0.2, -0.15) is 0 Å². The van der Waals surface area contributed by atoms with Crippen LogP contribution in [0, 0.1) is 0 Å². The zero-order chi connectivity index (χ0) is 30.9. The Morgan fingerprint density at radius 3 is 1.36 bits per heavy atom. The molecule has 6 nitrogen and oxygen atoms in total. The second-order valence-corrected chi connectivity index (χ2v) is 12.8. The Labute approximate surface area is 251 Å². The van der Waals surface area contributed by atoms with Crippen LogP contribution in [-0.4, -0.2) is 36.7 Å². The number of esters is 2. The van der Waals surface area contributed by atoms with Gasteiger partial charge in [0.1, 0.15) is 0 Å². The molecule has 42 heavy (non-hydrogen) atoms. The van der Waals surface area contributed by atoms with Crippen molar-refractivity contribution in [2.45, 2.75) is 117 Å². The SMILES string of the molecule is CCCCOC(=O)CCCC(C)(C)c1ccc2c(c1)C(=O)c1cc(C(C)(C)CCCC(=O)OCCCC)ccc1C2=O. The number of carbonyl (C=O) groups excluding carboxylic acids is 4. The molecule has 0 N–H and O–H groups in total. The minimum Gasteiger partial charge on any atom is -0.466 e. The molecule has 6 heteroatoms. The molecule has 0 aromatic heterocycles. The van der Waals surface area contributed by atoms with Crippen molar-refractivity contribution in [3.8, 4) is 0 Å². The molecule has 0 saturated carbocycles. The van der Waals surface area contributed by atoms with Gasteiger partial charge in [-0.3, -0.25) is 19.2 Å². The molecular weight excluding hydrogens is 528 g/mol. The van der Waals surface area contributed by atoms with Gasteiger partial charge in [0.2, 0.25) is 0 Å². The zero-order valence-electron chi connectivity index (χ0n) is 26.4. The van der Waals surface area contributed by atoms with Crippen LogP contribution in [0.4, 0.5) is 0 Å². The number of fused-ring (bicyclic) bond motifs is 2. The molecule has 0 atom stereocenters. The molecule has 0 heterocycles. The first-order chi connectivity index (χ1) is 19.9. The maximum atomic E-state index is 13.8. The first kappa shape index (κ1) is 33.2. The molecule has 2 aromatic carbocycles. The molecule has 0 fully saturated rings. The number of hydrogen-bond acceptors (Lipinski definition) is 6. The summed E-state index contributed by atoms with van der Waals surface area (Å²) in [6.07, 6.45) is 7.30. The molecule has 0 amide bonds. The number of carbonyl (C=O) groups is 4. The van der Waals surface area contributed by atoms with E-state index in [0.717, 1.165) is 49.7 Å². The lowest BCUT2D eigenvalue weighted by atomic mass is 9.74. The lowest BCUT2D eigenvalue weighted by Gasteiger charge is -2.29. The van der Waals surface area contributed by atoms with E-state index in [1.807, 2.05) is 24.3 Å². The highest BCUT2D eigenvalue weighted by Gasteiger charge is 2.33. The summed E-state index contributed by atoms with van der Waals surface area (Å²) in [5.74, 6) is -0.632. The van der Waals surface area contributed by atoms with Gasteiger partial charge in [0.05, 0.1) is 13.2 Å². The molecule has 0 unspecified atom stereocenters. The molecule has 1 aliphatic carbocycles. The van der Waals surface area contributed by atoms with E-state index in [1.165, 1.54) is 0 Å². The van der Waals surface area contributed by atoms with Gasteiger partial charge < -0.3 is 9.47 Å². The monoisotopic (exact) mass is 576 g/mol. The fourth-order valence-electron chi connectivity index (χ4n) is 5.44. The van der Waals surface area contributed by atoms with Crippen LogP contribution in [0.3, 0.4) is 0 Å². The summed E-state index contributed by atoms with van der Waals surface area (Å²) in [4.78, 5) is 51.3. The second kappa shape index (κ2) is 14.8. The Balaban J connectivity index is 1.72. The van der Waals surface area contributed by atoms with Gasteiger partial charge in [-0.15, -0.1) is 0 Å². The quantitative estimate of drug-likeness (QED) is 0.127. The van der Waals surface area contributed by atoms with E-state index in [1.54, 1.807) is 12.1 Å². The molecular formula is C36H48O6. The van der Waals surface area contributed by atoms with Crippen molar-refractivity contribution in [1.82, 2.24) is 0 Å². The van der Waals surface area contributed by atoms with E-state index >= 15 is 0 Å². The van der Waals surface area contributed by atoms with Gasteiger partial charge in [0.15, 0.2) is 11.6 Å². The largest absolute Gasteiger partial charge is 0.466 e. The maximum absolute atomic E-state index is 13.8. The predicted molar refractivity (Wildman–Crippen MR) is 165 cm³/mol. The Hall–Kier alpha value is -3.28. The van der Waals surface area contributed by atoms with Gasteiger partial charge in [-0.25, -0.2) is 0 Å². The summed E-state index contributed by atoms with van der Waals surface area (Å²) < 4.78 is 10.6. The van der Waals surface area contributed by atoms with E-state index < -0.39 is 0 Å². The van der Waals surface area contributed by atoms with Crippen molar-refractivity contribution < 1.29 is 28.7 Å². The zero-order valence-corrected chi connectivity index (χ0v) is 26.4. The number of hydrogen-bond donors (Lipinski definition) is 0. The molecule has 1 aliphatic rings. The highest BCUT2D eigenvalue weighted by Crippen LogP contribution is 2.37. The predicted octanol–water partition coefficient (Wildman–Crippen LogP) is 8.04. The number of unbranched alkanes of at least 4 members (excludes halogenated alkanes) is 2. The average molecular weight is 577 g/mol. The van der Waals surface area contributed by atoms with Crippen LogP contribution >= 0.6 is 0 Å². The number of ketones is 2. The Bertz CT molecular complexity index is 1190. The third-order valence-corrected chi connectivity index (χ3v) is 8.47. The summed E-state index contributed by atoms with van der Waals surface area (Å²) in [5.41, 5.74) is 3.08. The molecule has 0 spiro atoms. The van der Waals surface area contributed by atoms with Crippen molar-refractivity contribution >= 4 is 23.5 Å².